The molecule has 0 amide bonds. The minimum atomic E-state index is -0.718. The van der Waals surface area contributed by atoms with Crippen LogP contribution in [0.4, 0.5) is 0 Å². The molecule has 10 heteroatoms. The summed E-state index contributed by atoms with van der Waals surface area (Å²) in [4.78, 5) is 32.5. The highest BCUT2D eigenvalue weighted by Crippen LogP contribution is 2.38. The van der Waals surface area contributed by atoms with Gasteiger partial charge in [-0.3, -0.25) is 9.36 Å². The van der Waals surface area contributed by atoms with E-state index in [2.05, 4.69) is 72.2 Å². The SMILES string of the molecule is CCOC(=O)C1=C(C)N=c2sc(=Cc3cc(C)n(-c4ccc(I)c(C)c4)c3C)c(=O)n2[C@H]1c1ccc2c(c1)OCO2. The Kier molecular flexibility index (Phi) is 7.14. The Hall–Kier alpha value is -3.64. The molecule has 2 aliphatic heterocycles. The van der Waals surface area contributed by atoms with Crippen LogP contribution in [0.1, 0.15) is 48.0 Å². The number of aromatic nitrogens is 2. The molecule has 2 aromatic heterocycles. The number of allylic oxidation sites excluding steroid dienone is 1. The number of benzene rings is 2. The van der Waals surface area contributed by atoms with Crippen LogP contribution in [-0.2, 0) is 9.53 Å². The first kappa shape index (κ1) is 27.5. The fourth-order valence-corrected chi connectivity index (χ4v) is 6.80. The molecule has 0 fully saturated rings. The maximum Gasteiger partial charge on any atom is 0.338 e. The number of fused-ring (bicyclic) bond motifs is 2. The number of thiazole rings is 1. The highest BCUT2D eigenvalue weighted by molar-refractivity contribution is 14.1. The highest BCUT2D eigenvalue weighted by Gasteiger charge is 2.34. The van der Waals surface area contributed by atoms with Crippen LogP contribution in [-0.4, -0.2) is 28.5 Å². The Labute approximate surface area is 254 Å². The molecule has 6 rings (SSSR count). The van der Waals surface area contributed by atoms with Crippen molar-refractivity contribution >= 4 is 46.0 Å². The lowest BCUT2D eigenvalue weighted by molar-refractivity contribution is -0.139. The second kappa shape index (κ2) is 10.6. The molecule has 210 valence electrons. The standard InChI is InChI=1S/C31H28IN3O5S/c1-6-38-30(37)27-18(4)33-31-35(28(27)20-7-10-24-25(13-20)40-15-39-24)29(36)26(41-31)14-21-12-17(3)34(19(21)5)22-8-9-23(32)16(2)11-22/h7-14,28H,6,15H2,1-5H3/t28-/m0/s1. The van der Waals surface area contributed by atoms with E-state index in [0.717, 1.165) is 22.6 Å². The predicted molar refractivity (Wildman–Crippen MR) is 166 cm³/mol. The number of carbonyl (C=O) groups excluding carboxylic acids is 1. The summed E-state index contributed by atoms with van der Waals surface area (Å²) in [6, 6.07) is 13.2. The average Bonchev–Trinajstić information content (AvgIpc) is 3.60. The normalized spacial score (nSPS) is 16.1. The summed E-state index contributed by atoms with van der Waals surface area (Å²) in [5, 5.41) is 0. The van der Waals surface area contributed by atoms with Gasteiger partial charge in [0.25, 0.3) is 5.56 Å². The van der Waals surface area contributed by atoms with Crippen molar-refractivity contribution in [2.75, 3.05) is 13.4 Å². The summed E-state index contributed by atoms with van der Waals surface area (Å²) in [6.07, 6.45) is 1.92. The molecule has 0 spiro atoms. The fourth-order valence-electron chi connectivity index (χ4n) is 5.43. The van der Waals surface area contributed by atoms with E-state index in [1.807, 2.05) is 18.2 Å². The van der Waals surface area contributed by atoms with Crippen molar-refractivity contribution in [1.82, 2.24) is 9.13 Å². The van der Waals surface area contributed by atoms with Gasteiger partial charge in [0.2, 0.25) is 6.79 Å². The molecule has 0 aliphatic carbocycles. The lowest BCUT2D eigenvalue weighted by Crippen LogP contribution is -2.39. The minimum absolute atomic E-state index is 0.126. The number of aryl methyl sites for hydroxylation is 2. The van der Waals surface area contributed by atoms with E-state index >= 15 is 0 Å². The number of rotatable bonds is 5. The van der Waals surface area contributed by atoms with Gasteiger partial charge in [-0.1, -0.05) is 17.4 Å². The first-order chi connectivity index (χ1) is 19.7. The van der Waals surface area contributed by atoms with Crippen molar-refractivity contribution in [2.24, 2.45) is 4.99 Å². The zero-order valence-electron chi connectivity index (χ0n) is 23.3. The first-order valence-electron chi connectivity index (χ1n) is 13.2. The monoisotopic (exact) mass is 681 g/mol. The molecule has 4 heterocycles. The van der Waals surface area contributed by atoms with Gasteiger partial charge >= 0.3 is 5.97 Å². The van der Waals surface area contributed by atoms with Crippen LogP contribution in [0.2, 0.25) is 0 Å². The van der Waals surface area contributed by atoms with Crippen LogP contribution in [0.15, 0.2) is 63.5 Å². The van der Waals surface area contributed by atoms with Gasteiger partial charge in [0.1, 0.15) is 0 Å². The van der Waals surface area contributed by atoms with Crippen LogP contribution in [0, 0.1) is 24.3 Å². The van der Waals surface area contributed by atoms with Gasteiger partial charge in [0.05, 0.1) is 28.5 Å². The molecule has 2 aromatic carbocycles. The number of halogens is 1. The summed E-state index contributed by atoms with van der Waals surface area (Å²) >= 11 is 3.65. The van der Waals surface area contributed by atoms with Crippen molar-refractivity contribution in [3.05, 3.63) is 105 Å². The Morgan fingerprint density at radius 2 is 1.90 bits per heavy atom. The van der Waals surface area contributed by atoms with Gasteiger partial charge in [-0.25, -0.2) is 9.79 Å². The van der Waals surface area contributed by atoms with Crippen molar-refractivity contribution < 1.29 is 19.0 Å². The van der Waals surface area contributed by atoms with Crippen LogP contribution >= 0.6 is 33.9 Å². The summed E-state index contributed by atoms with van der Waals surface area (Å²) in [7, 11) is 0. The Bertz CT molecular complexity index is 1950. The average molecular weight is 682 g/mol. The van der Waals surface area contributed by atoms with Gasteiger partial charge in [0, 0.05) is 20.6 Å². The van der Waals surface area contributed by atoms with Gasteiger partial charge < -0.3 is 18.8 Å². The number of nitrogens with zero attached hydrogens (tertiary/aromatic N) is 3. The number of esters is 1. The molecular weight excluding hydrogens is 653 g/mol. The van der Waals surface area contributed by atoms with Gasteiger partial charge in [-0.05, 0) is 116 Å². The fraction of sp³-hybridized carbons (Fsp3) is 0.258. The summed E-state index contributed by atoms with van der Waals surface area (Å²) < 4.78 is 22.0. The molecule has 0 unspecified atom stereocenters. The Balaban J connectivity index is 1.52. The zero-order valence-corrected chi connectivity index (χ0v) is 26.3. The smallest absolute Gasteiger partial charge is 0.338 e. The van der Waals surface area contributed by atoms with Crippen molar-refractivity contribution in [1.29, 1.82) is 0 Å². The topological polar surface area (TPSA) is 84.1 Å². The molecule has 0 radical (unpaired) electrons. The molecule has 0 saturated heterocycles. The molecule has 0 saturated carbocycles. The van der Waals surface area contributed by atoms with Crippen LogP contribution in [0.25, 0.3) is 11.8 Å². The minimum Gasteiger partial charge on any atom is -0.463 e. The number of ether oxygens (including phenoxy) is 3. The van der Waals surface area contributed by atoms with E-state index in [0.29, 0.717) is 37.7 Å². The quantitative estimate of drug-likeness (QED) is 0.222. The summed E-state index contributed by atoms with van der Waals surface area (Å²) in [5.41, 5.74) is 6.68. The largest absolute Gasteiger partial charge is 0.463 e. The highest BCUT2D eigenvalue weighted by atomic mass is 127. The van der Waals surface area contributed by atoms with E-state index in [-0.39, 0.29) is 19.0 Å². The third-order valence-corrected chi connectivity index (χ3v) is 9.58. The molecule has 4 aromatic rings. The maximum absolute atomic E-state index is 14.1. The van der Waals surface area contributed by atoms with Crippen molar-refractivity contribution in [3.8, 4) is 17.2 Å². The number of carbonyl (C=O) groups is 1. The number of hydrogen-bond donors (Lipinski definition) is 0. The second-order valence-electron chi connectivity index (χ2n) is 10.0. The lowest BCUT2D eigenvalue weighted by atomic mass is 9.95. The first-order valence-corrected chi connectivity index (χ1v) is 15.1. The molecule has 2 aliphatic rings. The van der Waals surface area contributed by atoms with E-state index < -0.39 is 12.0 Å². The third-order valence-electron chi connectivity index (χ3n) is 7.39. The predicted octanol–water partition coefficient (Wildman–Crippen LogP) is 4.85. The lowest BCUT2D eigenvalue weighted by Gasteiger charge is -2.24. The maximum atomic E-state index is 14.1. The Morgan fingerprint density at radius 1 is 1.12 bits per heavy atom. The molecule has 1 atom stereocenters. The van der Waals surface area contributed by atoms with E-state index in [9.17, 15) is 9.59 Å². The Morgan fingerprint density at radius 3 is 2.66 bits per heavy atom. The molecule has 41 heavy (non-hydrogen) atoms. The molecule has 0 N–H and O–H groups in total. The third kappa shape index (κ3) is 4.72. The van der Waals surface area contributed by atoms with Crippen molar-refractivity contribution in [2.45, 2.75) is 40.7 Å². The molecule has 8 nitrogen and oxygen atoms in total. The van der Waals surface area contributed by atoms with Gasteiger partial charge in [0.15, 0.2) is 16.3 Å². The molecular formula is C31H28IN3O5S. The van der Waals surface area contributed by atoms with Crippen LogP contribution < -0.4 is 24.4 Å². The van der Waals surface area contributed by atoms with E-state index in [4.69, 9.17) is 19.2 Å². The summed E-state index contributed by atoms with van der Waals surface area (Å²) in [5.74, 6) is 0.695. The van der Waals surface area contributed by atoms with Crippen LogP contribution in [0.5, 0.6) is 11.5 Å². The van der Waals surface area contributed by atoms with Gasteiger partial charge in [-0.2, -0.15) is 0 Å². The van der Waals surface area contributed by atoms with Gasteiger partial charge in [-0.15, -0.1) is 0 Å². The van der Waals surface area contributed by atoms with E-state index in [1.54, 1.807) is 24.5 Å². The zero-order chi connectivity index (χ0) is 29.0. The second-order valence-corrected chi connectivity index (χ2v) is 12.2. The summed E-state index contributed by atoms with van der Waals surface area (Å²) in [6.45, 7) is 10.1. The number of hydrogen-bond acceptors (Lipinski definition) is 7. The van der Waals surface area contributed by atoms with E-state index in [1.165, 1.54) is 20.5 Å². The van der Waals surface area contributed by atoms with Crippen molar-refractivity contribution in [3.63, 3.8) is 0 Å². The van der Waals surface area contributed by atoms with Crippen LogP contribution in [0.3, 0.4) is 0 Å². The molecule has 0 bridgehead atoms.